The molecule has 26 heavy (non-hydrogen) atoms. The maximum absolute atomic E-state index is 12.6. The Morgan fingerprint density at radius 3 is 2.50 bits per heavy atom. The quantitative estimate of drug-likeness (QED) is 0.837. The lowest BCUT2D eigenvalue weighted by molar-refractivity contribution is -0.129. The second kappa shape index (κ2) is 7.72. The van der Waals surface area contributed by atoms with Gasteiger partial charge in [0.15, 0.2) is 6.10 Å². The lowest BCUT2D eigenvalue weighted by Gasteiger charge is -2.17. The number of para-hydroxylation sites is 1. The highest BCUT2D eigenvalue weighted by atomic mass is 16.5. The normalized spacial score (nSPS) is 15.7. The Hall–Kier alpha value is -2.63. The highest BCUT2D eigenvalue weighted by Gasteiger charge is 2.26. The van der Waals surface area contributed by atoms with Crippen LogP contribution in [0, 0.1) is 13.8 Å². The van der Waals surface area contributed by atoms with Crippen LogP contribution in [-0.2, 0) is 9.53 Å². The fourth-order valence-corrected chi connectivity index (χ4v) is 3.42. The molecular weight excluding hydrogens is 330 g/mol. The molecule has 2 aromatic rings. The minimum atomic E-state index is -0.832. The van der Waals surface area contributed by atoms with E-state index in [4.69, 9.17) is 4.74 Å². The Balaban J connectivity index is 1.71. The van der Waals surface area contributed by atoms with E-state index in [0.29, 0.717) is 17.0 Å². The zero-order chi connectivity index (χ0) is 18.7. The first-order valence-electron chi connectivity index (χ1n) is 9.10. The minimum Gasteiger partial charge on any atom is -0.449 e. The SMILES string of the molecule is Cc1nn(-c2ccccc2)c(C)c1C(=O)O[C@H](C)C(=O)NC1CCCC1. The number of rotatable bonds is 5. The standard InChI is InChI=1S/C20H25N3O3/c1-13-18(14(2)23(22-13)17-11-5-4-6-12-17)20(25)26-15(3)19(24)21-16-9-7-8-10-16/h4-6,11-12,15-16H,7-10H2,1-3H3,(H,21,24)/t15-/m1/s1. The summed E-state index contributed by atoms with van der Waals surface area (Å²) in [4.78, 5) is 24.9. The summed E-state index contributed by atoms with van der Waals surface area (Å²) in [7, 11) is 0. The lowest BCUT2D eigenvalue weighted by Crippen LogP contribution is -2.40. The van der Waals surface area contributed by atoms with Crippen LogP contribution in [0.5, 0.6) is 0 Å². The Kier molecular flexibility index (Phi) is 5.40. The molecule has 1 heterocycles. The summed E-state index contributed by atoms with van der Waals surface area (Å²) in [5, 5.41) is 7.41. The van der Waals surface area contributed by atoms with Crippen LogP contribution in [0.4, 0.5) is 0 Å². The Morgan fingerprint density at radius 1 is 1.19 bits per heavy atom. The van der Waals surface area contributed by atoms with Gasteiger partial charge in [-0.05, 0) is 45.7 Å². The summed E-state index contributed by atoms with van der Waals surface area (Å²) < 4.78 is 7.13. The summed E-state index contributed by atoms with van der Waals surface area (Å²) in [6.45, 7) is 5.20. The first-order chi connectivity index (χ1) is 12.5. The van der Waals surface area contributed by atoms with Crippen molar-refractivity contribution in [2.75, 3.05) is 0 Å². The molecule has 1 amide bonds. The first kappa shape index (κ1) is 18.2. The molecule has 1 fully saturated rings. The lowest BCUT2D eigenvalue weighted by atomic mass is 10.2. The molecule has 0 unspecified atom stereocenters. The minimum absolute atomic E-state index is 0.202. The highest BCUT2D eigenvalue weighted by Crippen LogP contribution is 2.20. The van der Waals surface area contributed by atoms with Crippen molar-refractivity contribution >= 4 is 11.9 Å². The van der Waals surface area contributed by atoms with Gasteiger partial charge in [0.25, 0.3) is 5.91 Å². The van der Waals surface area contributed by atoms with Crippen molar-refractivity contribution in [3.63, 3.8) is 0 Å². The summed E-state index contributed by atoms with van der Waals surface area (Å²) >= 11 is 0. The zero-order valence-electron chi connectivity index (χ0n) is 15.5. The number of aryl methyl sites for hydroxylation is 1. The fourth-order valence-electron chi connectivity index (χ4n) is 3.42. The Morgan fingerprint density at radius 2 is 1.85 bits per heavy atom. The van der Waals surface area contributed by atoms with E-state index >= 15 is 0 Å². The second-order valence-corrected chi connectivity index (χ2v) is 6.83. The van der Waals surface area contributed by atoms with Crippen molar-refractivity contribution in [2.24, 2.45) is 0 Å². The van der Waals surface area contributed by atoms with Crippen LogP contribution in [0.3, 0.4) is 0 Å². The topological polar surface area (TPSA) is 73.2 Å². The van der Waals surface area contributed by atoms with Crippen LogP contribution in [0.1, 0.15) is 54.4 Å². The molecule has 138 valence electrons. The second-order valence-electron chi connectivity index (χ2n) is 6.83. The van der Waals surface area contributed by atoms with Crippen LogP contribution < -0.4 is 5.32 Å². The number of aromatic nitrogens is 2. The number of carbonyl (C=O) groups is 2. The van der Waals surface area contributed by atoms with Crippen molar-refractivity contribution < 1.29 is 14.3 Å². The largest absolute Gasteiger partial charge is 0.449 e. The number of esters is 1. The monoisotopic (exact) mass is 355 g/mol. The van der Waals surface area contributed by atoms with Gasteiger partial charge in [-0.15, -0.1) is 0 Å². The molecule has 0 radical (unpaired) electrons. The molecule has 1 aromatic heterocycles. The molecule has 0 bridgehead atoms. The van der Waals surface area contributed by atoms with Crippen LogP contribution in [0.25, 0.3) is 5.69 Å². The van der Waals surface area contributed by atoms with Gasteiger partial charge in [-0.25, -0.2) is 9.48 Å². The van der Waals surface area contributed by atoms with E-state index in [1.54, 1.807) is 18.5 Å². The average molecular weight is 355 g/mol. The van der Waals surface area contributed by atoms with Gasteiger partial charge in [-0.1, -0.05) is 31.0 Å². The van der Waals surface area contributed by atoms with Crippen LogP contribution in [-0.4, -0.2) is 33.8 Å². The van der Waals surface area contributed by atoms with Crippen molar-refractivity contribution in [1.29, 1.82) is 0 Å². The van der Waals surface area contributed by atoms with E-state index in [1.807, 2.05) is 37.3 Å². The molecule has 0 spiro atoms. The predicted molar refractivity (Wildman–Crippen MR) is 98.3 cm³/mol. The Bertz CT molecular complexity index is 792. The molecule has 1 aliphatic rings. The van der Waals surface area contributed by atoms with Crippen LogP contribution in [0.15, 0.2) is 30.3 Å². The number of carbonyl (C=O) groups excluding carboxylic acids is 2. The van der Waals surface area contributed by atoms with Crippen LogP contribution in [0.2, 0.25) is 0 Å². The third-order valence-electron chi connectivity index (χ3n) is 4.85. The number of nitrogens with one attached hydrogen (secondary N) is 1. The van der Waals surface area contributed by atoms with E-state index in [2.05, 4.69) is 10.4 Å². The molecule has 0 saturated heterocycles. The molecular formula is C20H25N3O3. The summed E-state index contributed by atoms with van der Waals surface area (Å²) in [6, 6.07) is 9.80. The molecule has 6 nitrogen and oxygen atoms in total. The molecule has 1 aromatic carbocycles. The number of hydrogen-bond acceptors (Lipinski definition) is 4. The zero-order valence-corrected chi connectivity index (χ0v) is 15.5. The van der Waals surface area contributed by atoms with Gasteiger partial charge < -0.3 is 10.1 Å². The molecule has 6 heteroatoms. The molecule has 1 aliphatic carbocycles. The summed E-state index contributed by atoms with van der Waals surface area (Å²) in [5.74, 6) is -0.757. The van der Waals surface area contributed by atoms with Gasteiger partial charge >= 0.3 is 5.97 Å². The molecule has 0 aliphatic heterocycles. The molecule has 1 N–H and O–H groups in total. The van der Waals surface area contributed by atoms with Gasteiger partial charge in [-0.3, -0.25) is 4.79 Å². The van der Waals surface area contributed by atoms with Crippen molar-refractivity contribution in [2.45, 2.75) is 58.6 Å². The summed E-state index contributed by atoms with van der Waals surface area (Å²) in [6.07, 6.45) is 3.43. The van der Waals surface area contributed by atoms with Crippen molar-refractivity contribution in [3.8, 4) is 5.69 Å². The van der Waals surface area contributed by atoms with Crippen molar-refractivity contribution in [1.82, 2.24) is 15.1 Å². The van der Waals surface area contributed by atoms with E-state index < -0.39 is 12.1 Å². The van der Waals surface area contributed by atoms with Gasteiger partial charge in [-0.2, -0.15) is 5.10 Å². The number of ether oxygens (including phenoxy) is 1. The van der Waals surface area contributed by atoms with Gasteiger partial charge in [0.05, 0.1) is 17.1 Å². The fraction of sp³-hybridized carbons (Fsp3) is 0.450. The molecule has 1 atom stereocenters. The van der Waals surface area contributed by atoms with Gasteiger partial charge in [0, 0.05) is 6.04 Å². The first-order valence-corrected chi connectivity index (χ1v) is 9.10. The van der Waals surface area contributed by atoms with Gasteiger partial charge in [0.1, 0.15) is 5.56 Å². The predicted octanol–water partition coefficient (Wildman–Crippen LogP) is 3.09. The molecule has 3 rings (SSSR count). The number of nitrogens with zero attached hydrogens (tertiary/aromatic N) is 2. The number of benzene rings is 1. The van der Waals surface area contributed by atoms with E-state index in [1.165, 1.54) is 0 Å². The number of amides is 1. The van der Waals surface area contributed by atoms with Gasteiger partial charge in [0.2, 0.25) is 0 Å². The smallest absolute Gasteiger partial charge is 0.342 e. The number of hydrogen-bond donors (Lipinski definition) is 1. The highest BCUT2D eigenvalue weighted by molar-refractivity contribution is 5.94. The maximum Gasteiger partial charge on any atom is 0.342 e. The third kappa shape index (κ3) is 3.79. The third-order valence-corrected chi connectivity index (χ3v) is 4.85. The van der Waals surface area contributed by atoms with Crippen LogP contribution >= 0.6 is 0 Å². The van der Waals surface area contributed by atoms with E-state index in [-0.39, 0.29) is 11.9 Å². The average Bonchev–Trinajstić information content (AvgIpc) is 3.23. The van der Waals surface area contributed by atoms with E-state index in [9.17, 15) is 9.59 Å². The Labute approximate surface area is 153 Å². The van der Waals surface area contributed by atoms with Crippen molar-refractivity contribution in [3.05, 3.63) is 47.3 Å². The molecule has 1 saturated carbocycles. The summed E-state index contributed by atoms with van der Waals surface area (Å²) in [5.41, 5.74) is 2.57. The maximum atomic E-state index is 12.6. The van der Waals surface area contributed by atoms with E-state index in [0.717, 1.165) is 31.4 Å².